The number of amidine groups is 1. The fraction of sp³-hybridized carbons (Fsp3) is 0.143. The van der Waals surface area contributed by atoms with E-state index >= 15 is 0 Å². The molecule has 1 aliphatic heterocycles. The van der Waals surface area contributed by atoms with Gasteiger partial charge in [-0.05, 0) is 64.9 Å². The Morgan fingerprint density at radius 1 is 1.19 bits per heavy atom. The Kier molecular flexibility index (Phi) is 5.89. The molecule has 0 aliphatic carbocycles. The first-order valence-corrected chi connectivity index (χ1v) is 10.2. The molecule has 10 heteroatoms. The van der Waals surface area contributed by atoms with Gasteiger partial charge in [-0.3, -0.25) is 10.2 Å². The number of carbonyl (C=O) groups is 1. The average molecular weight is 437 g/mol. The predicted octanol–water partition coefficient (Wildman–Crippen LogP) is 3.88. The molecule has 1 amide bonds. The fourth-order valence-electron chi connectivity index (χ4n) is 2.94. The fourth-order valence-corrected chi connectivity index (χ4v) is 3.78. The summed E-state index contributed by atoms with van der Waals surface area (Å²) >= 11 is 1.03. The number of anilines is 1. The smallest absolute Gasteiger partial charge is 0.272 e. The van der Waals surface area contributed by atoms with Crippen LogP contribution in [0.4, 0.5) is 5.82 Å². The normalized spacial score (nSPS) is 15.0. The van der Waals surface area contributed by atoms with Gasteiger partial charge in [-0.15, -0.1) is 0 Å². The Morgan fingerprint density at radius 3 is 2.71 bits per heavy atom. The summed E-state index contributed by atoms with van der Waals surface area (Å²) in [5.41, 5.74) is 0.740. The van der Waals surface area contributed by atoms with Crippen molar-refractivity contribution >= 4 is 34.7 Å². The monoisotopic (exact) mass is 437 g/mol. The third-order valence-corrected chi connectivity index (χ3v) is 5.15. The van der Waals surface area contributed by atoms with E-state index < -0.39 is 0 Å². The summed E-state index contributed by atoms with van der Waals surface area (Å²) in [7, 11) is 0. The van der Waals surface area contributed by atoms with Crippen molar-refractivity contribution in [1.82, 2.24) is 14.9 Å². The van der Waals surface area contributed by atoms with Crippen molar-refractivity contribution < 1.29 is 18.9 Å². The molecule has 1 saturated heterocycles. The van der Waals surface area contributed by atoms with Crippen LogP contribution in [0.15, 0.2) is 64.9 Å². The van der Waals surface area contributed by atoms with Crippen molar-refractivity contribution in [1.29, 1.82) is 5.41 Å². The zero-order valence-electron chi connectivity index (χ0n) is 16.6. The van der Waals surface area contributed by atoms with E-state index in [4.69, 9.17) is 19.5 Å². The highest BCUT2D eigenvalue weighted by atomic mass is 32.2. The molecule has 31 heavy (non-hydrogen) atoms. The summed E-state index contributed by atoms with van der Waals surface area (Å²) in [4.78, 5) is 14.6. The Morgan fingerprint density at radius 2 is 1.97 bits per heavy atom. The third-order valence-electron chi connectivity index (χ3n) is 4.26. The minimum absolute atomic E-state index is 0.0105. The first-order chi connectivity index (χ1) is 15.1. The van der Waals surface area contributed by atoms with Crippen LogP contribution in [0.1, 0.15) is 12.5 Å². The lowest BCUT2D eigenvalue weighted by molar-refractivity contribution is -0.113. The number of nitrogens with zero attached hydrogens (tertiary/aromatic N) is 4. The molecule has 9 nitrogen and oxygen atoms in total. The average Bonchev–Trinajstić information content (AvgIpc) is 3.49. The van der Waals surface area contributed by atoms with Crippen molar-refractivity contribution in [3.05, 3.63) is 65.8 Å². The SMILES string of the molecule is C=CCOc1ccc(C=C2SC(=N)N(c3nonc3-n3cccc3)C2=O)cc1OCC. The second kappa shape index (κ2) is 8.92. The van der Waals surface area contributed by atoms with E-state index in [1.165, 1.54) is 4.90 Å². The summed E-state index contributed by atoms with van der Waals surface area (Å²) in [5.74, 6) is 1.26. The van der Waals surface area contributed by atoms with Crippen LogP contribution in [0, 0.1) is 5.41 Å². The van der Waals surface area contributed by atoms with Crippen molar-refractivity contribution in [3.63, 3.8) is 0 Å². The molecule has 1 aromatic carbocycles. The highest BCUT2D eigenvalue weighted by Crippen LogP contribution is 2.37. The highest BCUT2D eigenvalue weighted by Gasteiger charge is 2.37. The zero-order valence-corrected chi connectivity index (χ0v) is 17.5. The topological polar surface area (TPSA) is 106 Å². The number of benzene rings is 1. The van der Waals surface area contributed by atoms with E-state index in [0.717, 1.165) is 17.3 Å². The molecular weight excluding hydrogens is 418 g/mol. The highest BCUT2D eigenvalue weighted by molar-refractivity contribution is 8.19. The van der Waals surface area contributed by atoms with Crippen LogP contribution in [0.5, 0.6) is 11.5 Å². The lowest BCUT2D eigenvalue weighted by Crippen LogP contribution is -2.29. The van der Waals surface area contributed by atoms with Gasteiger partial charge in [0.1, 0.15) is 6.61 Å². The molecule has 0 bridgehead atoms. The molecule has 1 N–H and O–H groups in total. The molecule has 0 atom stereocenters. The second-order valence-electron chi connectivity index (χ2n) is 6.30. The Labute approximate surface area is 182 Å². The molecule has 3 aromatic rings. The van der Waals surface area contributed by atoms with Crippen LogP contribution < -0.4 is 14.4 Å². The molecule has 0 radical (unpaired) electrons. The number of thioether (sulfide) groups is 1. The van der Waals surface area contributed by atoms with Crippen LogP contribution in [0.2, 0.25) is 0 Å². The van der Waals surface area contributed by atoms with Gasteiger partial charge in [0.15, 0.2) is 16.7 Å². The number of nitrogens with one attached hydrogen (secondary N) is 1. The lowest BCUT2D eigenvalue weighted by atomic mass is 10.2. The molecule has 0 unspecified atom stereocenters. The van der Waals surface area contributed by atoms with Gasteiger partial charge in [-0.2, -0.15) is 0 Å². The van der Waals surface area contributed by atoms with Gasteiger partial charge in [-0.25, -0.2) is 9.53 Å². The summed E-state index contributed by atoms with van der Waals surface area (Å²) in [5, 5.41) is 16.0. The minimum atomic E-state index is -0.385. The van der Waals surface area contributed by atoms with Crippen molar-refractivity contribution in [2.75, 3.05) is 18.1 Å². The van der Waals surface area contributed by atoms with E-state index in [1.807, 2.05) is 25.1 Å². The van der Waals surface area contributed by atoms with Crippen molar-refractivity contribution in [2.24, 2.45) is 0 Å². The number of amides is 1. The Bertz CT molecular complexity index is 1150. The summed E-state index contributed by atoms with van der Waals surface area (Å²) in [6.07, 6.45) is 6.86. The zero-order chi connectivity index (χ0) is 21.8. The first-order valence-electron chi connectivity index (χ1n) is 9.41. The maximum absolute atomic E-state index is 13.1. The maximum Gasteiger partial charge on any atom is 0.272 e. The molecule has 3 heterocycles. The van der Waals surface area contributed by atoms with Gasteiger partial charge in [0, 0.05) is 12.4 Å². The summed E-state index contributed by atoms with van der Waals surface area (Å²) in [6.45, 7) is 6.35. The summed E-state index contributed by atoms with van der Waals surface area (Å²) in [6, 6.07) is 9.01. The number of hydrogen-bond acceptors (Lipinski definition) is 8. The standard InChI is InChI=1S/C21H19N5O4S/c1-3-11-29-15-8-7-14(12-16(15)28-4-2)13-17-20(27)26(21(22)31-17)19-18(23-30-24-19)25-9-5-6-10-25/h3,5-10,12-13,22H,1,4,11H2,2H3. The number of hydrogen-bond donors (Lipinski definition) is 1. The van der Waals surface area contributed by atoms with Gasteiger partial charge >= 0.3 is 0 Å². The van der Waals surface area contributed by atoms with Crippen LogP contribution in [0.25, 0.3) is 11.9 Å². The number of aromatic nitrogens is 3. The molecule has 1 fully saturated rings. The third kappa shape index (κ3) is 4.10. The van der Waals surface area contributed by atoms with E-state index in [0.29, 0.717) is 35.4 Å². The van der Waals surface area contributed by atoms with Gasteiger partial charge in [0.05, 0.1) is 11.5 Å². The number of ether oxygens (including phenoxy) is 2. The number of carbonyl (C=O) groups excluding carboxylic acids is 1. The molecule has 0 spiro atoms. The largest absolute Gasteiger partial charge is 0.490 e. The molecule has 2 aromatic heterocycles. The maximum atomic E-state index is 13.1. The van der Waals surface area contributed by atoms with Gasteiger partial charge in [0.2, 0.25) is 11.6 Å². The van der Waals surface area contributed by atoms with Crippen LogP contribution >= 0.6 is 11.8 Å². The van der Waals surface area contributed by atoms with Gasteiger partial charge in [-0.1, -0.05) is 18.7 Å². The van der Waals surface area contributed by atoms with Gasteiger partial charge < -0.3 is 14.0 Å². The van der Waals surface area contributed by atoms with Crippen LogP contribution in [-0.4, -0.2) is 39.2 Å². The molecule has 0 saturated carbocycles. The molecular formula is C21H19N5O4S. The van der Waals surface area contributed by atoms with Crippen molar-refractivity contribution in [2.45, 2.75) is 6.92 Å². The van der Waals surface area contributed by atoms with Crippen LogP contribution in [0.3, 0.4) is 0 Å². The number of rotatable bonds is 8. The minimum Gasteiger partial charge on any atom is -0.490 e. The van der Waals surface area contributed by atoms with Crippen LogP contribution in [-0.2, 0) is 4.79 Å². The molecule has 4 rings (SSSR count). The lowest BCUT2D eigenvalue weighted by Gasteiger charge is -2.12. The van der Waals surface area contributed by atoms with E-state index in [-0.39, 0.29) is 16.9 Å². The molecule has 158 valence electrons. The Hall–Kier alpha value is -3.79. The second-order valence-corrected chi connectivity index (χ2v) is 7.33. The quantitative estimate of drug-likeness (QED) is 0.421. The predicted molar refractivity (Wildman–Crippen MR) is 118 cm³/mol. The van der Waals surface area contributed by atoms with Gasteiger partial charge in [0.25, 0.3) is 5.91 Å². The van der Waals surface area contributed by atoms with Crippen molar-refractivity contribution in [3.8, 4) is 17.3 Å². The summed E-state index contributed by atoms with van der Waals surface area (Å²) < 4.78 is 17.8. The first kappa shape index (κ1) is 20.5. The Balaban J connectivity index is 1.63. The molecule has 1 aliphatic rings. The van der Waals surface area contributed by atoms with E-state index in [1.54, 1.807) is 41.2 Å². The van der Waals surface area contributed by atoms with E-state index in [2.05, 4.69) is 16.9 Å². The van der Waals surface area contributed by atoms with E-state index in [9.17, 15) is 4.79 Å².